The molecule has 13 heteroatoms. The van der Waals surface area contributed by atoms with E-state index in [1.54, 1.807) is 12.1 Å². The number of rotatable bonds is 11. The van der Waals surface area contributed by atoms with Gasteiger partial charge in [0.1, 0.15) is 30.9 Å². The fourth-order valence-corrected chi connectivity index (χ4v) is 5.22. The van der Waals surface area contributed by atoms with Crippen molar-refractivity contribution < 1.29 is 22.7 Å². The molecule has 0 unspecified atom stereocenters. The molecule has 1 aliphatic rings. The highest BCUT2D eigenvalue weighted by Gasteiger charge is 2.28. The molecule has 0 atom stereocenters. The standard InChI is InChI=1S/C28H29Cl2N5O5S/c1-28(2,21-13-18(15-31)25(23(30)14-21)39-12-10-29)20-6-8-22(9-7-20)40-17-19-16-32-27(34-41(3,37)38)33-26(19)35-11-4-5-24(35)36/h6-9,13-14,16H,4-5,10-12,17H2,1-3H3,(H,32,33,34). The molecule has 216 valence electrons. The maximum Gasteiger partial charge on any atom is 0.238 e. The Kier molecular flexibility index (Phi) is 9.27. The minimum absolute atomic E-state index is 0.0614. The highest BCUT2D eigenvalue weighted by Crippen LogP contribution is 2.38. The van der Waals surface area contributed by atoms with Crippen molar-refractivity contribution >= 4 is 50.9 Å². The maximum atomic E-state index is 12.4. The van der Waals surface area contributed by atoms with Crippen LogP contribution >= 0.6 is 23.2 Å². The molecule has 0 saturated carbocycles. The summed E-state index contributed by atoms with van der Waals surface area (Å²) in [6.07, 6.45) is 3.53. The van der Waals surface area contributed by atoms with E-state index in [0.717, 1.165) is 17.4 Å². The van der Waals surface area contributed by atoms with Gasteiger partial charge in [-0.3, -0.25) is 14.4 Å². The summed E-state index contributed by atoms with van der Waals surface area (Å²) in [5.74, 6) is 1.27. The normalized spacial score (nSPS) is 13.7. The second kappa shape index (κ2) is 12.5. The van der Waals surface area contributed by atoms with Gasteiger partial charge in [-0.15, -0.1) is 11.6 Å². The molecule has 1 amide bonds. The third-order valence-electron chi connectivity index (χ3n) is 6.63. The Morgan fingerprint density at radius 3 is 2.51 bits per heavy atom. The second-order valence-electron chi connectivity index (χ2n) is 9.99. The minimum Gasteiger partial charge on any atom is -0.489 e. The third-order valence-corrected chi connectivity index (χ3v) is 7.62. The van der Waals surface area contributed by atoms with Crippen LogP contribution in [0.15, 0.2) is 42.6 Å². The van der Waals surface area contributed by atoms with Crippen LogP contribution in [0.25, 0.3) is 0 Å². The molecule has 1 fully saturated rings. The Bertz CT molecular complexity index is 1590. The smallest absolute Gasteiger partial charge is 0.238 e. The van der Waals surface area contributed by atoms with Gasteiger partial charge in [0, 0.05) is 24.6 Å². The first kappa shape index (κ1) is 30.4. The molecule has 3 aromatic rings. The molecule has 0 aliphatic carbocycles. The van der Waals surface area contributed by atoms with E-state index in [2.05, 4.69) is 20.8 Å². The summed E-state index contributed by atoms with van der Waals surface area (Å²) in [5.41, 5.74) is 2.17. The molecule has 1 aliphatic heterocycles. The lowest BCUT2D eigenvalue weighted by molar-refractivity contribution is -0.117. The van der Waals surface area contributed by atoms with E-state index in [1.165, 1.54) is 11.1 Å². The van der Waals surface area contributed by atoms with Crippen molar-refractivity contribution in [1.29, 1.82) is 5.26 Å². The zero-order valence-corrected chi connectivity index (χ0v) is 25.1. The van der Waals surface area contributed by atoms with Crippen molar-refractivity contribution in [2.45, 2.75) is 38.7 Å². The molecule has 1 N–H and O–H groups in total. The van der Waals surface area contributed by atoms with Gasteiger partial charge in [-0.2, -0.15) is 10.2 Å². The SMILES string of the molecule is CC(C)(c1ccc(OCc2cnc(NS(C)(=O)=O)nc2N2CCCC2=O)cc1)c1cc(Cl)c(OCCCl)c(C#N)c1. The van der Waals surface area contributed by atoms with Crippen LogP contribution in [0.3, 0.4) is 0 Å². The summed E-state index contributed by atoms with van der Waals surface area (Å²) in [4.78, 5) is 22.3. The minimum atomic E-state index is -3.59. The average molecular weight is 619 g/mol. The summed E-state index contributed by atoms with van der Waals surface area (Å²) in [5, 5.41) is 10.00. The summed E-state index contributed by atoms with van der Waals surface area (Å²) < 4.78 is 37.1. The van der Waals surface area contributed by atoms with E-state index < -0.39 is 15.4 Å². The summed E-state index contributed by atoms with van der Waals surface area (Å²) in [7, 11) is -3.59. The van der Waals surface area contributed by atoms with Crippen molar-refractivity contribution in [3.63, 3.8) is 0 Å². The van der Waals surface area contributed by atoms with E-state index in [0.29, 0.717) is 52.9 Å². The number of halogens is 2. The van der Waals surface area contributed by atoms with Crippen LogP contribution in [0.5, 0.6) is 11.5 Å². The van der Waals surface area contributed by atoms with Crippen LogP contribution in [-0.4, -0.2) is 49.6 Å². The number of carbonyl (C=O) groups excluding carboxylic acids is 1. The van der Waals surface area contributed by atoms with E-state index in [1.807, 2.05) is 38.1 Å². The van der Waals surface area contributed by atoms with E-state index in [-0.39, 0.29) is 30.9 Å². The molecule has 10 nitrogen and oxygen atoms in total. The zero-order valence-electron chi connectivity index (χ0n) is 22.8. The fraction of sp³-hybridized carbons (Fsp3) is 0.357. The molecule has 4 rings (SSSR count). The first-order valence-corrected chi connectivity index (χ1v) is 15.5. The highest BCUT2D eigenvalue weighted by atomic mass is 35.5. The van der Waals surface area contributed by atoms with Gasteiger partial charge in [-0.05, 0) is 41.8 Å². The first-order chi connectivity index (χ1) is 19.4. The Labute approximate surface area is 249 Å². The number of benzene rings is 2. The van der Waals surface area contributed by atoms with E-state index in [9.17, 15) is 18.5 Å². The van der Waals surface area contributed by atoms with Crippen LogP contribution in [0.1, 0.15) is 48.9 Å². The number of carbonyl (C=O) groups is 1. The van der Waals surface area contributed by atoms with Gasteiger partial charge in [-0.1, -0.05) is 37.6 Å². The largest absolute Gasteiger partial charge is 0.489 e. The van der Waals surface area contributed by atoms with Crippen LogP contribution in [0.4, 0.5) is 11.8 Å². The number of nitrogens with one attached hydrogen (secondary N) is 1. The molecular formula is C28H29Cl2N5O5S. The number of nitrogens with zero attached hydrogens (tertiary/aromatic N) is 4. The molecule has 41 heavy (non-hydrogen) atoms. The predicted molar refractivity (Wildman–Crippen MR) is 157 cm³/mol. The lowest BCUT2D eigenvalue weighted by Crippen LogP contribution is -2.27. The average Bonchev–Trinajstić information content (AvgIpc) is 3.36. The quantitative estimate of drug-likeness (QED) is 0.296. The number of hydrogen-bond donors (Lipinski definition) is 1. The molecule has 0 bridgehead atoms. The Balaban J connectivity index is 1.54. The van der Waals surface area contributed by atoms with E-state index in [4.69, 9.17) is 32.7 Å². The number of alkyl halides is 1. The Morgan fingerprint density at radius 2 is 1.90 bits per heavy atom. The van der Waals surface area contributed by atoms with Crippen LogP contribution in [0.2, 0.25) is 5.02 Å². The molecule has 1 aromatic heterocycles. The molecule has 1 saturated heterocycles. The van der Waals surface area contributed by atoms with Gasteiger partial charge in [0.15, 0.2) is 5.75 Å². The van der Waals surface area contributed by atoms with Crippen molar-refractivity contribution in [1.82, 2.24) is 9.97 Å². The number of hydrogen-bond acceptors (Lipinski definition) is 8. The molecule has 2 aromatic carbocycles. The topological polar surface area (TPSA) is 135 Å². The maximum absolute atomic E-state index is 12.4. The van der Waals surface area contributed by atoms with Gasteiger partial charge in [0.2, 0.25) is 21.9 Å². The fourth-order valence-electron chi connectivity index (χ4n) is 4.44. The van der Waals surface area contributed by atoms with Crippen molar-refractivity contribution in [3.8, 4) is 17.6 Å². The van der Waals surface area contributed by atoms with Gasteiger partial charge in [-0.25, -0.2) is 13.4 Å². The summed E-state index contributed by atoms with van der Waals surface area (Å²) in [6, 6.07) is 13.2. The van der Waals surface area contributed by atoms with Crippen molar-refractivity contribution in [3.05, 3.63) is 69.9 Å². The van der Waals surface area contributed by atoms with Gasteiger partial charge in [0.25, 0.3) is 0 Å². The number of aromatic nitrogens is 2. The number of sulfonamides is 1. The third kappa shape index (κ3) is 7.19. The molecular weight excluding hydrogens is 589 g/mol. The Hall–Kier alpha value is -3.59. The predicted octanol–water partition coefficient (Wildman–Crippen LogP) is 5.02. The molecule has 0 radical (unpaired) electrons. The number of ether oxygens (including phenoxy) is 2. The van der Waals surface area contributed by atoms with E-state index >= 15 is 0 Å². The van der Waals surface area contributed by atoms with Crippen molar-refractivity contribution in [2.24, 2.45) is 0 Å². The zero-order chi connectivity index (χ0) is 29.8. The lowest BCUT2D eigenvalue weighted by atomic mass is 9.77. The van der Waals surface area contributed by atoms with Gasteiger partial charge in [0.05, 0.1) is 28.3 Å². The molecule has 0 spiro atoms. The first-order valence-electron chi connectivity index (χ1n) is 12.7. The monoisotopic (exact) mass is 617 g/mol. The van der Waals surface area contributed by atoms with Crippen LogP contribution < -0.4 is 19.1 Å². The van der Waals surface area contributed by atoms with Crippen LogP contribution in [0, 0.1) is 11.3 Å². The molecule has 2 heterocycles. The number of amides is 1. The van der Waals surface area contributed by atoms with Crippen molar-refractivity contribution in [2.75, 3.05) is 34.9 Å². The lowest BCUT2D eigenvalue weighted by Gasteiger charge is -2.27. The Morgan fingerprint density at radius 1 is 1.17 bits per heavy atom. The van der Waals surface area contributed by atoms with Crippen LogP contribution in [-0.2, 0) is 26.8 Å². The van der Waals surface area contributed by atoms with Gasteiger partial charge < -0.3 is 9.47 Å². The number of anilines is 2. The van der Waals surface area contributed by atoms with Gasteiger partial charge >= 0.3 is 0 Å². The summed E-state index contributed by atoms with van der Waals surface area (Å²) in [6.45, 7) is 4.83. The highest BCUT2D eigenvalue weighted by molar-refractivity contribution is 7.91. The summed E-state index contributed by atoms with van der Waals surface area (Å²) >= 11 is 12.2. The number of nitriles is 1. The second-order valence-corrected chi connectivity index (χ2v) is 12.5.